The average Bonchev–Trinajstić information content (AvgIpc) is 3.13. The van der Waals surface area contributed by atoms with Crippen LogP contribution in [0.5, 0.6) is 11.5 Å². The molecule has 4 rings (SSSR count). The summed E-state index contributed by atoms with van der Waals surface area (Å²) >= 11 is 0. The van der Waals surface area contributed by atoms with E-state index in [4.69, 9.17) is 9.47 Å². The predicted octanol–water partition coefficient (Wildman–Crippen LogP) is 3.28. The molecule has 0 bridgehead atoms. The summed E-state index contributed by atoms with van der Waals surface area (Å²) in [4.78, 5) is 29.6. The van der Waals surface area contributed by atoms with Crippen molar-refractivity contribution in [2.24, 2.45) is 11.8 Å². The Hall–Kier alpha value is -3.02. The van der Waals surface area contributed by atoms with Crippen molar-refractivity contribution in [3.05, 3.63) is 48.0 Å². The molecule has 2 unspecified atom stereocenters. The predicted molar refractivity (Wildman–Crippen MR) is 112 cm³/mol. The molecular weight excluding hydrogens is 368 g/mol. The zero-order valence-electron chi connectivity index (χ0n) is 17.1. The van der Waals surface area contributed by atoms with E-state index < -0.39 is 0 Å². The lowest BCUT2D eigenvalue weighted by Crippen LogP contribution is -2.43. The summed E-state index contributed by atoms with van der Waals surface area (Å²) in [6.45, 7) is 3.23. The molecule has 1 fully saturated rings. The zero-order chi connectivity index (χ0) is 20.5. The minimum Gasteiger partial charge on any atom is -0.493 e. The van der Waals surface area contributed by atoms with Gasteiger partial charge < -0.3 is 19.3 Å². The fourth-order valence-corrected chi connectivity index (χ4v) is 4.34. The van der Waals surface area contributed by atoms with E-state index in [9.17, 15) is 9.59 Å². The Morgan fingerprint density at radius 2 is 1.76 bits per heavy atom. The molecule has 0 N–H and O–H groups in total. The minimum atomic E-state index is -0.353. The van der Waals surface area contributed by atoms with Crippen LogP contribution in [0.15, 0.2) is 42.5 Å². The van der Waals surface area contributed by atoms with Gasteiger partial charge in [-0.1, -0.05) is 25.1 Å². The van der Waals surface area contributed by atoms with E-state index in [-0.39, 0.29) is 24.2 Å². The summed E-state index contributed by atoms with van der Waals surface area (Å²) in [5.74, 6) is 1.19. The molecule has 2 amide bonds. The number of amides is 2. The van der Waals surface area contributed by atoms with Crippen molar-refractivity contribution in [2.45, 2.75) is 19.8 Å². The van der Waals surface area contributed by atoms with Crippen molar-refractivity contribution in [2.75, 3.05) is 37.1 Å². The third kappa shape index (κ3) is 3.55. The van der Waals surface area contributed by atoms with Crippen molar-refractivity contribution in [3.8, 4) is 11.5 Å². The minimum absolute atomic E-state index is 0.0281. The van der Waals surface area contributed by atoms with Crippen molar-refractivity contribution in [1.29, 1.82) is 0 Å². The van der Waals surface area contributed by atoms with Crippen molar-refractivity contribution >= 4 is 23.2 Å². The summed E-state index contributed by atoms with van der Waals surface area (Å²) in [5, 5.41) is 0. The molecule has 1 saturated heterocycles. The smallest absolute Gasteiger partial charge is 0.232 e. The quantitative estimate of drug-likeness (QED) is 0.799. The number of carbonyl (C=O) groups is 2. The summed E-state index contributed by atoms with van der Waals surface area (Å²) < 4.78 is 10.6. The second-order valence-electron chi connectivity index (χ2n) is 7.83. The molecule has 2 aromatic carbocycles. The van der Waals surface area contributed by atoms with E-state index in [1.807, 2.05) is 29.2 Å². The average molecular weight is 394 g/mol. The topological polar surface area (TPSA) is 59.1 Å². The molecule has 6 heteroatoms. The molecule has 2 atom stereocenters. The Kier molecular flexibility index (Phi) is 5.18. The molecular formula is C23H26N2O4. The van der Waals surface area contributed by atoms with Crippen LogP contribution in [-0.2, 0) is 16.0 Å². The number of rotatable bonds is 4. The summed E-state index contributed by atoms with van der Waals surface area (Å²) in [5.41, 5.74) is 2.89. The van der Waals surface area contributed by atoms with Gasteiger partial charge in [0.2, 0.25) is 11.8 Å². The van der Waals surface area contributed by atoms with Gasteiger partial charge in [0.1, 0.15) is 0 Å². The normalized spacial score (nSPS) is 21.1. The lowest BCUT2D eigenvalue weighted by atomic mass is 9.92. The van der Waals surface area contributed by atoms with E-state index in [1.165, 1.54) is 5.56 Å². The van der Waals surface area contributed by atoms with E-state index in [1.54, 1.807) is 31.3 Å². The van der Waals surface area contributed by atoms with Crippen LogP contribution in [0, 0.1) is 11.8 Å². The molecule has 2 aromatic rings. The van der Waals surface area contributed by atoms with Crippen LogP contribution in [0.1, 0.15) is 18.9 Å². The van der Waals surface area contributed by atoms with Crippen LogP contribution in [0.3, 0.4) is 0 Å². The molecule has 2 heterocycles. The standard InChI is InChI=1S/C23H26N2O4/c1-15-10-16-6-4-5-7-19(16)25(13-15)23(27)17-11-22(26)24(14-17)18-8-9-20(28-2)21(12-18)29-3/h4-9,12,15,17H,10-11,13-14H2,1-3H3. The first kappa shape index (κ1) is 19.3. The molecule has 0 saturated carbocycles. The second kappa shape index (κ2) is 7.78. The molecule has 29 heavy (non-hydrogen) atoms. The first-order chi connectivity index (χ1) is 14.0. The lowest BCUT2D eigenvalue weighted by molar-refractivity contribution is -0.124. The Bertz CT molecular complexity index is 942. The maximum atomic E-state index is 13.4. The van der Waals surface area contributed by atoms with Crippen LogP contribution in [-0.4, -0.2) is 39.1 Å². The monoisotopic (exact) mass is 394 g/mol. The molecule has 2 aliphatic heterocycles. The van der Waals surface area contributed by atoms with Crippen molar-refractivity contribution < 1.29 is 19.1 Å². The van der Waals surface area contributed by atoms with Gasteiger partial charge in [0.05, 0.1) is 20.1 Å². The molecule has 152 valence electrons. The van der Waals surface area contributed by atoms with Gasteiger partial charge in [-0.3, -0.25) is 9.59 Å². The summed E-state index contributed by atoms with van der Waals surface area (Å²) in [6.07, 6.45) is 1.20. The third-order valence-electron chi connectivity index (χ3n) is 5.76. The zero-order valence-corrected chi connectivity index (χ0v) is 17.1. The Labute approximate surface area is 171 Å². The van der Waals surface area contributed by atoms with Crippen LogP contribution < -0.4 is 19.3 Å². The molecule has 0 radical (unpaired) electrons. The number of anilines is 2. The summed E-state index contributed by atoms with van der Waals surface area (Å²) in [6, 6.07) is 13.4. The number of carbonyl (C=O) groups excluding carboxylic acids is 2. The van der Waals surface area contributed by atoms with Gasteiger partial charge in [-0.15, -0.1) is 0 Å². The van der Waals surface area contributed by atoms with E-state index in [0.29, 0.717) is 30.5 Å². The molecule has 2 aliphatic rings. The number of benzene rings is 2. The number of ether oxygens (including phenoxy) is 2. The van der Waals surface area contributed by atoms with Gasteiger partial charge in [0.25, 0.3) is 0 Å². The first-order valence-corrected chi connectivity index (χ1v) is 9.93. The lowest BCUT2D eigenvalue weighted by Gasteiger charge is -2.34. The van der Waals surface area contributed by atoms with Crippen LogP contribution in [0.4, 0.5) is 11.4 Å². The Morgan fingerprint density at radius 3 is 2.52 bits per heavy atom. The summed E-state index contributed by atoms with van der Waals surface area (Å²) in [7, 11) is 3.14. The van der Waals surface area contributed by atoms with Gasteiger partial charge in [-0.05, 0) is 36.1 Å². The number of nitrogens with zero attached hydrogens (tertiary/aromatic N) is 2. The number of para-hydroxylation sites is 1. The highest BCUT2D eigenvalue weighted by Gasteiger charge is 2.39. The van der Waals surface area contributed by atoms with Gasteiger partial charge in [0.15, 0.2) is 11.5 Å². The van der Waals surface area contributed by atoms with Gasteiger partial charge in [0, 0.05) is 37.0 Å². The SMILES string of the molecule is COc1ccc(N2CC(C(=O)N3CC(C)Cc4ccccc43)CC2=O)cc1OC. The van der Waals surface area contributed by atoms with Gasteiger partial charge >= 0.3 is 0 Å². The van der Waals surface area contributed by atoms with Crippen LogP contribution >= 0.6 is 0 Å². The highest BCUT2D eigenvalue weighted by molar-refractivity contribution is 6.05. The number of hydrogen-bond acceptors (Lipinski definition) is 4. The highest BCUT2D eigenvalue weighted by Crippen LogP contribution is 2.36. The first-order valence-electron chi connectivity index (χ1n) is 9.93. The van der Waals surface area contributed by atoms with E-state index in [2.05, 4.69) is 13.0 Å². The van der Waals surface area contributed by atoms with Crippen LogP contribution in [0.25, 0.3) is 0 Å². The Morgan fingerprint density at radius 1 is 1.00 bits per heavy atom. The van der Waals surface area contributed by atoms with E-state index in [0.717, 1.165) is 17.8 Å². The number of hydrogen-bond donors (Lipinski definition) is 0. The maximum absolute atomic E-state index is 13.4. The number of fused-ring (bicyclic) bond motifs is 1. The van der Waals surface area contributed by atoms with E-state index >= 15 is 0 Å². The third-order valence-corrected chi connectivity index (χ3v) is 5.76. The van der Waals surface area contributed by atoms with Crippen LogP contribution in [0.2, 0.25) is 0 Å². The molecule has 0 aliphatic carbocycles. The fraction of sp³-hybridized carbons (Fsp3) is 0.391. The highest BCUT2D eigenvalue weighted by atomic mass is 16.5. The molecule has 0 aromatic heterocycles. The fourth-order valence-electron chi connectivity index (χ4n) is 4.34. The largest absolute Gasteiger partial charge is 0.493 e. The van der Waals surface area contributed by atoms with Crippen molar-refractivity contribution in [1.82, 2.24) is 0 Å². The van der Waals surface area contributed by atoms with Gasteiger partial charge in [-0.2, -0.15) is 0 Å². The number of methoxy groups -OCH3 is 2. The molecule has 6 nitrogen and oxygen atoms in total. The van der Waals surface area contributed by atoms with Gasteiger partial charge in [-0.25, -0.2) is 0 Å². The van der Waals surface area contributed by atoms with Crippen molar-refractivity contribution in [3.63, 3.8) is 0 Å². The maximum Gasteiger partial charge on any atom is 0.232 e. The second-order valence-corrected chi connectivity index (χ2v) is 7.83. The Balaban J connectivity index is 1.56. The molecule has 0 spiro atoms.